The summed E-state index contributed by atoms with van der Waals surface area (Å²) in [6, 6.07) is 3.69. The second-order valence-electron chi connectivity index (χ2n) is 4.73. The van der Waals surface area contributed by atoms with Crippen LogP contribution in [0.15, 0.2) is 23.4 Å². The molecule has 6 heteroatoms. The molecule has 0 saturated carbocycles. The Balaban J connectivity index is 2.09. The van der Waals surface area contributed by atoms with Crippen molar-refractivity contribution in [2.24, 2.45) is 5.10 Å². The predicted octanol–water partition coefficient (Wildman–Crippen LogP) is 1.22. The van der Waals surface area contributed by atoms with E-state index in [-0.39, 0.29) is 17.9 Å². The second-order valence-corrected chi connectivity index (χ2v) is 4.73. The summed E-state index contributed by atoms with van der Waals surface area (Å²) in [5.41, 5.74) is 4.59. The maximum atomic E-state index is 12.1. The standard InChI is InChI=1S/C14H18N4O2/c1-3-10(13-9(2)5-4-8-15-13)16-14(20)11-6-7-12(19)18-17-11/h4-5,8,10H,3,6-7H2,1-2H3,(H,16,20)(H,18,19)/t10-/m1/s1. The van der Waals surface area contributed by atoms with Gasteiger partial charge in [0, 0.05) is 19.0 Å². The molecule has 2 rings (SSSR count). The molecule has 1 atom stereocenters. The Morgan fingerprint density at radius 3 is 2.90 bits per heavy atom. The molecule has 1 aliphatic rings. The molecule has 0 spiro atoms. The number of carbonyl (C=O) groups is 2. The molecule has 20 heavy (non-hydrogen) atoms. The fourth-order valence-electron chi connectivity index (χ4n) is 2.11. The first-order chi connectivity index (χ1) is 9.61. The van der Waals surface area contributed by atoms with Gasteiger partial charge in [0.2, 0.25) is 5.91 Å². The van der Waals surface area contributed by atoms with E-state index in [9.17, 15) is 9.59 Å². The minimum absolute atomic E-state index is 0.149. The number of nitrogens with one attached hydrogen (secondary N) is 2. The van der Waals surface area contributed by atoms with Gasteiger partial charge in [0.15, 0.2) is 0 Å². The first-order valence-electron chi connectivity index (χ1n) is 6.69. The van der Waals surface area contributed by atoms with Crippen LogP contribution in [-0.4, -0.2) is 22.5 Å². The van der Waals surface area contributed by atoms with Crippen molar-refractivity contribution >= 4 is 17.5 Å². The molecule has 0 saturated heterocycles. The zero-order valence-corrected chi connectivity index (χ0v) is 11.6. The molecule has 1 aromatic rings. The number of carbonyl (C=O) groups excluding carboxylic acids is 2. The molecule has 2 heterocycles. The summed E-state index contributed by atoms with van der Waals surface area (Å²) in [4.78, 5) is 27.5. The Hall–Kier alpha value is -2.24. The van der Waals surface area contributed by atoms with E-state index in [0.29, 0.717) is 18.6 Å². The topological polar surface area (TPSA) is 83.5 Å². The third kappa shape index (κ3) is 3.20. The highest BCUT2D eigenvalue weighted by Gasteiger charge is 2.22. The number of aromatic nitrogens is 1. The maximum Gasteiger partial charge on any atom is 0.268 e. The van der Waals surface area contributed by atoms with E-state index in [2.05, 4.69) is 20.8 Å². The van der Waals surface area contributed by atoms with E-state index < -0.39 is 0 Å². The summed E-state index contributed by atoms with van der Waals surface area (Å²) in [5, 5.41) is 6.72. The van der Waals surface area contributed by atoms with Crippen molar-refractivity contribution in [3.05, 3.63) is 29.6 Å². The first kappa shape index (κ1) is 14.2. The van der Waals surface area contributed by atoms with Crippen LogP contribution in [0, 0.1) is 6.92 Å². The van der Waals surface area contributed by atoms with Crippen molar-refractivity contribution in [1.29, 1.82) is 0 Å². The highest BCUT2D eigenvalue weighted by molar-refractivity contribution is 6.39. The van der Waals surface area contributed by atoms with E-state index in [1.54, 1.807) is 6.20 Å². The van der Waals surface area contributed by atoms with Gasteiger partial charge < -0.3 is 5.32 Å². The van der Waals surface area contributed by atoms with Crippen LogP contribution in [0.5, 0.6) is 0 Å². The van der Waals surface area contributed by atoms with Crippen molar-refractivity contribution in [1.82, 2.24) is 15.7 Å². The summed E-state index contributed by atoms with van der Waals surface area (Å²) < 4.78 is 0. The molecule has 2 N–H and O–H groups in total. The Morgan fingerprint density at radius 1 is 1.50 bits per heavy atom. The van der Waals surface area contributed by atoms with Crippen molar-refractivity contribution in [3.8, 4) is 0 Å². The number of hydrogen-bond donors (Lipinski definition) is 2. The van der Waals surface area contributed by atoms with Crippen molar-refractivity contribution in [2.45, 2.75) is 39.2 Å². The van der Waals surface area contributed by atoms with Gasteiger partial charge in [-0.25, -0.2) is 5.43 Å². The van der Waals surface area contributed by atoms with Gasteiger partial charge in [0.1, 0.15) is 5.71 Å². The molecule has 0 aromatic carbocycles. The van der Waals surface area contributed by atoms with Gasteiger partial charge in [-0.05, 0) is 25.0 Å². The van der Waals surface area contributed by atoms with Gasteiger partial charge in [0.25, 0.3) is 5.91 Å². The lowest BCUT2D eigenvalue weighted by atomic mass is 10.0. The Morgan fingerprint density at radius 2 is 2.30 bits per heavy atom. The normalized spacial score (nSPS) is 16.1. The first-order valence-corrected chi connectivity index (χ1v) is 6.69. The van der Waals surface area contributed by atoms with Gasteiger partial charge in [-0.1, -0.05) is 13.0 Å². The summed E-state index contributed by atoms with van der Waals surface area (Å²) in [7, 11) is 0. The molecule has 0 radical (unpaired) electrons. The lowest BCUT2D eigenvalue weighted by Gasteiger charge is -2.19. The molecule has 0 fully saturated rings. The molecule has 0 bridgehead atoms. The van der Waals surface area contributed by atoms with Crippen molar-refractivity contribution in [3.63, 3.8) is 0 Å². The van der Waals surface area contributed by atoms with Gasteiger partial charge in [-0.15, -0.1) is 0 Å². The Kier molecular flexibility index (Phi) is 4.45. The lowest BCUT2D eigenvalue weighted by molar-refractivity contribution is -0.121. The number of aryl methyl sites for hydroxylation is 1. The van der Waals surface area contributed by atoms with Gasteiger partial charge in [-0.3, -0.25) is 14.6 Å². The molecule has 0 unspecified atom stereocenters. The smallest absolute Gasteiger partial charge is 0.268 e. The van der Waals surface area contributed by atoms with Crippen LogP contribution in [-0.2, 0) is 9.59 Å². The van der Waals surface area contributed by atoms with E-state index in [0.717, 1.165) is 17.7 Å². The quantitative estimate of drug-likeness (QED) is 0.866. The Labute approximate surface area is 117 Å². The van der Waals surface area contributed by atoms with Gasteiger partial charge >= 0.3 is 0 Å². The van der Waals surface area contributed by atoms with Crippen LogP contribution in [0.25, 0.3) is 0 Å². The van der Waals surface area contributed by atoms with Gasteiger partial charge in [-0.2, -0.15) is 5.10 Å². The molecule has 6 nitrogen and oxygen atoms in total. The highest BCUT2D eigenvalue weighted by Crippen LogP contribution is 2.18. The third-order valence-electron chi connectivity index (χ3n) is 3.26. The lowest BCUT2D eigenvalue weighted by Crippen LogP contribution is -2.38. The summed E-state index contributed by atoms with van der Waals surface area (Å²) in [5.74, 6) is -0.406. The van der Waals surface area contributed by atoms with Crippen LogP contribution in [0.1, 0.15) is 43.5 Å². The SMILES string of the molecule is CC[C@@H](NC(=O)C1=NNC(=O)CC1)c1ncccc1C. The van der Waals surface area contributed by atoms with E-state index in [1.165, 1.54) is 0 Å². The fourth-order valence-corrected chi connectivity index (χ4v) is 2.11. The fraction of sp³-hybridized carbons (Fsp3) is 0.429. The number of amides is 2. The van der Waals surface area contributed by atoms with Crippen LogP contribution in [0.2, 0.25) is 0 Å². The minimum atomic E-state index is -0.248. The molecular formula is C14H18N4O2. The van der Waals surface area contributed by atoms with E-state index in [1.807, 2.05) is 26.0 Å². The second kappa shape index (κ2) is 6.27. The van der Waals surface area contributed by atoms with Gasteiger partial charge in [0.05, 0.1) is 11.7 Å². The summed E-state index contributed by atoms with van der Waals surface area (Å²) in [6.45, 7) is 3.96. The molecule has 1 aliphatic heterocycles. The van der Waals surface area contributed by atoms with E-state index in [4.69, 9.17) is 0 Å². The average molecular weight is 274 g/mol. The largest absolute Gasteiger partial charge is 0.343 e. The summed E-state index contributed by atoms with van der Waals surface area (Å²) in [6.07, 6.45) is 3.12. The predicted molar refractivity (Wildman–Crippen MR) is 75.0 cm³/mol. The average Bonchev–Trinajstić information content (AvgIpc) is 2.46. The molecule has 0 aliphatic carbocycles. The summed E-state index contributed by atoms with van der Waals surface area (Å²) >= 11 is 0. The van der Waals surface area contributed by atoms with Crippen molar-refractivity contribution in [2.75, 3.05) is 0 Å². The van der Waals surface area contributed by atoms with E-state index >= 15 is 0 Å². The molecule has 1 aromatic heterocycles. The molecule has 106 valence electrons. The number of nitrogens with zero attached hydrogens (tertiary/aromatic N) is 2. The minimum Gasteiger partial charge on any atom is -0.343 e. The van der Waals surface area contributed by atoms with Crippen LogP contribution in [0.4, 0.5) is 0 Å². The molecule has 2 amide bonds. The number of hydrazone groups is 1. The number of pyridine rings is 1. The van der Waals surface area contributed by atoms with Crippen LogP contribution >= 0.6 is 0 Å². The Bertz CT molecular complexity index is 554. The van der Waals surface area contributed by atoms with Crippen LogP contribution in [0.3, 0.4) is 0 Å². The zero-order valence-electron chi connectivity index (χ0n) is 11.6. The van der Waals surface area contributed by atoms with Crippen LogP contribution < -0.4 is 10.7 Å². The highest BCUT2D eigenvalue weighted by atomic mass is 16.2. The maximum absolute atomic E-state index is 12.1. The zero-order chi connectivity index (χ0) is 14.5. The third-order valence-corrected chi connectivity index (χ3v) is 3.26. The molecular weight excluding hydrogens is 256 g/mol. The monoisotopic (exact) mass is 274 g/mol. The number of rotatable bonds is 4. The number of hydrogen-bond acceptors (Lipinski definition) is 4. The van der Waals surface area contributed by atoms with Crippen molar-refractivity contribution < 1.29 is 9.59 Å².